The van der Waals surface area contributed by atoms with Gasteiger partial charge in [0.2, 0.25) is 11.8 Å². The van der Waals surface area contributed by atoms with Crippen molar-refractivity contribution >= 4 is 11.8 Å². The summed E-state index contributed by atoms with van der Waals surface area (Å²) in [6, 6.07) is -0.172. The fourth-order valence-corrected chi connectivity index (χ4v) is 5.34. The second kappa shape index (κ2) is 7.03. The number of nitrogens with zero attached hydrogens (tertiary/aromatic N) is 2. The third-order valence-corrected chi connectivity index (χ3v) is 6.86. The lowest BCUT2D eigenvalue weighted by atomic mass is 9.92. The van der Waals surface area contributed by atoms with Crippen molar-refractivity contribution in [1.29, 1.82) is 0 Å². The highest BCUT2D eigenvalue weighted by molar-refractivity contribution is 5.89. The van der Waals surface area contributed by atoms with E-state index in [1.807, 2.05) is 4.90 Å². The maximum absolute atomic E-state index is 13.1. The molecule has 1 N–H and O–H groups in total. The molecule has 1 saturated carbocycles. The molecule has 3 atom stereocenters. The topological polar surface area (TPSA) is 52.7 Å². The van der Waals surface area contributed by atoms with Gasteiger partial charge in [0.05, 0.1) is 0 Å². The molecule has 3 heterocycles. The molecule has 2 amide bonds. The molecular weight excluding hydrogens is 302 g/mol. The Labute approximate surface area is 145 Å². The summed E-state index contributed by atoms with van der Waals surface area (Å²) in [6.45, 7) is 4.77. The van der Waals surface area contributed by atoms with Gasteiger partial charge >= 0.3 is 0 Å². The Bertz CT molecular complexity index is 475. The van der Waals surface area contributed by atoms with E-state index in [0.717, 1.165) is 83.1 Å². The fourth-order valence-electron chi connectivity index (χ4n) is 5.34. The number of carbonyl (C=O) groups excluding carboxylic acids is 2. The lowest BCUT2D eigenvalue weighted by molar-refractivity contribution is -0.146. The van der Waals surface area contributed by atoms with Crippen molar-refractivity contribution in [3.63, 3.8) is 0 Å². The molecule has 4 aliphatic rings. The van der Waals surface area contributed by atoms with Crippen LogP contribution in [0.4, 0.5) is 0 Å². The molecule has 1 aliphatic carbocycles. The molecule has 0 aromatic rings. The number of rotatable bonds is 2. The number of hydrogen-bond donors (Lipinski definition) is 1. The molecule has 1 unspecified atom stereocenters. The summed E-state index contributed by atoms with van der Waals surface area (Å²) in [5.74, 6) is 2.16. The van der Waals surface area contributed by atoms with Crippen molar-refractivity contribution in [3.05, 3.63) is 0 Å². The maximum Gasteiger partial charge on any atom is 0.245 e. The molecule has 4 fully saturated rings. The number of nitrogens with one attached hydrogen (secondary N) is 1. The molecule has 0 bridgehead atoms. The van der Waals surface area contributed by atoms with E-state index < -0.39 is 0 Å². The highest BCUT2D eigenvalue weighted by Gasteiger charge is 2.40. The van der Waals surface area contributed by atoms with E-state index >= 15 is 0 Å². The van der Waals surface area contributed by atoms with Crippen LogP contribution in [0.5, 0.6) is 0 Å². The third kappa shape index (κ3) is 3.07. The Morgan fingerprint density at radius 3 is 2.08 bits per heavy atom. The van der Waals surface area contributed by atoms with E-state index in [9.17, 15) is 9.59 Å². The van der Waals surface area contributed by atoms with Crippen LogP contribution in [-0.2, 0) is 9.59 Å². The van der Waals surface area contributed by atoms with Gasteiger partial charge in [0.25, 0.3) is 0 Å². The van der Waals surface area contributed by atoms with Gasteiger partial charge in [0, 0.05) is 25.6 Å². The van der Waals surface area contributed by atoms with Gasteiger partial charge in [-0.3, -0.25) is 9.59 Å². The predicted octanol–water partition coefficient (Wildman–Crippen LogP) is 1.63. The Morgan fingerprint density at radius 1 is 0.750 bits per heavy atom. The van der Waals surface area contributed by atoms with Crippen LogP contribution in [0.1, 0.15) is 51.4 Å². The van der Waals surface area contributed by atoms with Gasteiger partial charge in [-0.2, -0.15) is 0 Å². The van der Waals surface area contributed by atoms with Gasteiger partial charge in [-0.05, 0) is 63.5 Å². The molecule has 24 heavy (non-hydrogen) atoms. The van der Waals surface area contributed by atoms with Gasteiger partial charge < -0.3 is 15.1 Å². The Morgan fingerprint density at radius 2 is 1.42 bits per heavy atom. The van der Waals surface area contributed by atoms with Crippen LogP contribution in [0.25, 0.3) is 0 Å². The van der Waals surface area contributed by atoms with E-state index in [4.69, 9.17) is 0 Å². The smallest absolute Gasteiger partial charge is 0.245 e. The third-order valence-electron chi connectivity index (χ3n) is 6.86. The van der Waals surface area contributed by atoms with Crippen LogP contribution in [0.3, 0.4) is 0 Å². The van der Waals surface area contributed by atoms with Crippen molar-refractivity contribution in [2.45, 2.75) is 57.4 Å². The standard InChI is InChI=1S/C19H31N3O2/c23-18(14-4-1-2-5-14)22-9-3-6-17(22)19(24)21-10-7-15-12-20-13-16(15)8-11-21/h14-17,20H,1-13H2/t15-,16+,17?. The number of likely N-dealkylation sites (tertiary alicyclic amines) is 2. The van der Waals surface area contributed by atoms with Gasteiger partial charge in [0.15, 0.2) is 0 Å². The minimum absolute atomic E-state index is 0.172. The number of amides is 2. The molecule has 3 saturated heterocycles. The van der Waals surface area contributed by atoms with E-state index in [-0.39, 0.29) is 23.8 Å². The van der Waals surface area contributed by atoms with E-state index in [1.54, 1.807) is 0 Å². The van der Waals surface area contributed by atoms with Crippen molar-refractivity contribution in [1.82, 2.24) is 15.1 Å². The summed E-state index contributed by atoms with van der Waals surface area (Å²) in [5, 5.41) is 3.49. The molecule has 5 nitrogen and oxygen atoms in total. The number of carbonyl (C=O) groups is 2. The Kier molecular flexibility index (Phi) is 4.79. The van der Waals surface area contributed by atoms with Gasteiger partial charge in [-0.15, -0.1) is 0 Å². The van der Waals surface area contributed by atoms with Crippen molar-refractivity contribution in [2.24, 2.45) is 17.8 Å². The SMILES string of the molecule is O=C(C1CCCN1C(=O)C1CCCC1)N1CC[C@@H]2CNC[C@@H]2CC1. The van der Waals surface area contributed by atoms with Crippen molar-refractivity contribution in [2.75, 3.05) is 32.7 Å². The second-order valence-corrected chi connectivity index (χ2v) is 8.25. The van der Waals surface area contributed by atoms with Crippen LogP contribution in [0, 0.1) is 17.8 Å². The summed E-state index contributed by atoms with van der Waals surface area (Å²) in [7, 11) is 0. The molecule has 134 valence electrons. The molecule has 0 radical (unpaired) electrons. The van der Waals surface area contributed by atoms with Gasteiger partial charge in [-0.1, -0.05) is 12.8 Å². The summed E-state index contributed by atoms with van der Waals surface area (Å²) in [4.78, 5) is 29.9. The summed E-state index contributed by atoms with van der Waals surface area (Å²) >= 11 is 0. The Balaban J connectivity index is 1.40. The van der Waals surface area contributed by atoms with Gasteiger partial charge in [-0.25, -0.2) is 0 Å². The minimum atomic E-state index is -0.172. The van der Waals surface area contributed by atoms with Crippen LogP contribution < -0.4 is 5.32 Å². The average Bonchev–Trinajstić information content (AvgIpc) is 3.34. The average molecular weight is 333 g/mol. The second-order valence-electron chi connectivity index (χ2n) is 8.25. The molecule has 0 aromatic heterocycles. The number of fused-ring (bicyclic) bond motifs is 1. The fraction of sp³-hybridized carbons (Fsp3) is 0.895. The zero-order valence-electron chi connectivity index (χ0n) is 14.7. The predicted molar refractivity (Wildman–Crippen MR) is 92.4 cm³/mol. The molecule has 0 aromatic carbocycles. The first kappa shape index (κ1) is 16.4. The lowest BCUT2D eigenvalue weighted by Crippen LogP contribution is -2.49. The first-order valence-corrected chi connectivity index (χ1v) is 10.0. The zero-order valence-corrected chi connectivity index (χ0v) is 14.7. The minimum Gasteiger partial charge on any atom is -0.341 e. The quantitative estimate of drug-likeness (QED) is 0.836. The monoisotopic (exact) mass is 333 g/mol. The summed E-state index contributed by atoms with van der Waals surface area (Å²) in [6.07, 6.45) is 8.48. The number of hydrogen-bond acceptors (Lipinski definition) is 3. The van der Waals surface area contributed by atoms with Crippen LogP contribution in [0.15, 0.2) is 0 Å². The lowest BCUT2D eigenvalue weighted by Gasteiger charge is -2.31. The first-order valence-electron chi connectivity index (χ1n) is 10.0. The van der Waals surface area contributed by atoms with E-state index in [2.05, 4.69) is 10.2 Å². The van der Waals surface area contributed by atoms with Crippen LogP contribution in [0.2, 0.25) is 0 Å². The molecule has 4 rings (SSSR count). The molecule has 0 spiro atoms. The van der Waals surface area contributed by atoms with Gasteiger partial charge in [0.1, 0.15) is 6.04 Å². The summed E-state index contributed by atoms with van der Waals surface area (Å²) in [5.41, 5.74) is 0. The highest BCUT2D eigenvalue weighted by Crippen LogP contribution is 2.32. The summed E-state index contributed by atoms with van der Waals surface area (Å²) < 4.78 is 0. The first-order chi connectivity index (χ1) is 11.7. The maximum atomic E-state index is 13.1. The van der Waals surface area contributed by atoms with E-state index in [0.29, 0.717) is 0 Å². The van der Waals surface area contributed by atoms with Crippen LogP contribution >= 0.6 is 0 Å². The molecular formula is C19H31N3O2. The van der Waals surface area contributed by atoms with Crippen molar-refractivity contribution in [3.8, 4) is 0 Å². The highest BCUT2D eigenvalue weighted by atomic mass is 16.2. The largest absolute Gasteiger partial charge is 0.341 e. The van der Waals surface area contributed by atoms with E-state index in [1.165, 1.54) is 12.8 Å². The molecule has 3 aliphatic heterocycles. The van der Waals surface area contributed by atoms with Crippen molar-refractivity contribution < 1.29 is 9.59 Å². The van der Waals surface area contributed by atoms with Crippen LogP contribution in [-0.4, -0.2) is 60.4 Å². The zero-order chi connectivity index (χ0) is 16.5. The molecule has 5 heteroatoms. The Hall–Kier alpha value is -1.10. The normalized spacial score (nSPS) is 34.4.